The van der Waals surface area contributed by atoms with E-state index in [9.17, 15) is 0 Å². The zero-order valence-electron chi connectivity index (χ0n) is 37.2. The number of rotatable bonds is 10. The second-order valence-electron chi connectivity index (χ2n) is 18.1. The number of pyridine rings is 1. The van der Waals surface area contributed by atoms with Crippen LogP contribution in [0.4, 0.5) is 0 Å². The first-order valence-corrected chi connectivity index (χ1v) is 28.9. The Kier molecular flexibility index (Phi) is 13.7. The van der Waals surface area contributed by atoms with Gasteiger partial charge in [-0.15, -0.1) is 0 Å². The van der Waals surface area contributed by atoms with Crippen molar-refractivity contribution in [1.29, 1.82) is 0 Å². The van der Waals surface area contributed by atoms with Crippen LogP contribution in [-0.2, 0) is 26.5 Å². The smallest absolute Gasteiger partial charge is 0.133 e. The summed E-state index contributed by atoms with van der Waals surface area (Å²) in [6.07, 6.45) is 8.19. The van der Waals surface area contributed by atoms with Crippen molar-refractivity contribution in [3.63, 3.8) is 0 Å². The van der Waals surface area contributed by atoms with Gasteiger partial charge in [0, 0.05) is 43.2 Å². The minimum absolute atomic E-state index is 0. The zero-order valence-corrected chi connectivity index (χ0v) is 41.7. The molecule has 0 aliphatic carbocycles. The Balaban J connectivity index is 0.000000233. The third-order valence-electron chi connectivity index (χ3n) is 11.3. The molecule has 9 rings (SSSR count). The van der Waals surface area contributed by atoms with Crippen LogP contribution in [0.1, 0.15) is 70.1 Å². The summed E-state index contributed by atoms with van der Waals surface area (Å²) < 4.78 is 15.6. The number of imidazole rings is 1. The molecule has 1 radical (unpaired) electrons. The second kappa shape index (κ2) is 19.0. The molecule has 62 heavy (non-hydrogen) atoms. The number of furan rings is 2. The van der Waals surface area contributed by atoms with Gasteiger partial charge in [-0.3, -0.25) is 4.98 Å². The first-order valence-electron chi connectivity index (χ1n) is 21.5. The van der Waals surface area contributed by atoms with E-state index in [0.29, 0.717) is 5.92 Å². The van der Waals surface area contributed by atoms with E-state index in [1.807, 2.05) is 48.5 Å². The molecule has 0 atom stereocenters. The van der Waals surface area contributed by atoms with Crippen molar-refractivity contribution in [2.45, 2.75) is 77.1 Å². The third kappa shape index (κ3) is 9.39. The summed E-state index contributed by atoms with van der Waals surface area (Å²) in [5.74, 6) is 10.2. The topological polar surface area (TPSA) is 57.0 Å². The number of hydrogen-bond acceptors (Lipinski definition) is 4. The Labute approximate surface area is 383 Å². The van der Waals surface area contributed by atoms with Crippen molar-refractivity contribution in [2.24, 2.45) is 5.92 Å². The molecule has 7 heteroatoms. The Morgan fingerprint density at radius 3 is 2.06 bits per heavy atom. The number of aromatic nitrogens is 3. The first kappa shape index (κ1) is 44.8. The van der Waals surface area contributed by atoms with Crippen LogP contribution in [-0.4, -0.2) is 27.8 Å². The van der Waals surface area contributed by atoms with Gasteiger partial charge in [0.1, 0.15) is 5.76 Å². The zero-order chi connectivity index (χ0) is 42.8. The van der Waals surface area contributed by atoms with Gasteiger partial charge in [0.05, 0.1) is 23.1 Å². The predicted molar refractivity (Wildman–Crippen MR) is 256 cm³/mol. The molecule has 0 aliphatic heterocycles. The fraction of sp³-hybridized carbons (Fsp3) is 0.236. The van der Waals surface area contributed by atoms with Crippen LogP contribution in [0.15, 0.2) is 149 Å². The molecule has 0 N–H and O–H groups in total. The van der Waals surface area contributed by atoms with Crippen LogP contribution in [0, 0.1) is 18.2 Å². The van der Waals surface area contributed by atoms with Crippen LogP contribution in [0.25, 0.3) is 72.8 Å². The van der Waals surface area contributed by atoms with Gasteiger partial charge >= 0.3 is 126 Å². The van der Waals surface area contributed by atoms with Gasteiger partial charge in [-0.1, -0.05) is 99.3 Å². The Bertz CT molecular complexity index is 2870. The van der Waals surface area contributed by atoms with E-state index < -0.39 is 13.3 Å². The third-order valence-corrected chi connectivity index (χ3v) is 15.6. The van der Waals surface area contributed by atoms with E-state index in [-0.39, 0.29) is 31.9 Å². The Morgan fingerprint density at radius 1 is 0.710 bits per heavy atom. The van der Waals surface area contributed by atoms with E-state index in [4.69, 9.17) is 18.8 Å². The molecule has 9 aromatic rings. The van der Waals surface area contributed by atoms with E-state index in [1.54, 1.807) is 10.7 Å². The van der Waals surface area contributed by atoms with E-state index in [2.05, 4.69) is 161 Å². The van der Waals surface area contributed by atoms with Crippen molar-refractivity contribution in [1.82, 2.24) is 14.5 Å². The Morgan fingerprint density at radius 2 is 1.42 bits per heavy atom. The average molecular weight is 1050 g/mol. The maximum absolute atomic E-state index is 5.99. The minimum Gasteiger partial charge on any atom is -0.557 e. The summed E-state index contributed by atoms with van der Waals surface area (Å²) in [7, 11) is 0. The molecule has 0 unspecified atom stereocenters. The van der Waals surface area contributed by atoms with Crippen molar-refractivity contribution < 1.29 is 28.9 Å². The molecule has 0 saturated heterocycles. The molecule has 0 aliphatic rings. The molecule has 4 heterocycles. The average Bonchev–Trinajstić information content (AvgIpc) is 4.03. The first-order chi connectivity index (χ1) is 29.4. The number of para-hydroxylation sites is 2. The summed E-state index contributed by atoms with van der Waals surface area (Å²) in [4.78, 5) is 9.90. The van der Waals surface area contributed by atoms with Crippen molar-refractivity contribution in [3.05, 3.63) is 169 Å². The molecule has 5 aromatic carbocycles. The predicted octanol–water partition coefficient (Wildman–Crippen LogP) is 14.7. The normalized spacial score (nSPS) is 11.7. The van der Waals surface area contributed by atoms with E-state index >= 15 is 0 Å². The molecule has 0 bridgehead atoms. The van der Waals surface area contributed by atoms with Crippen molar-refractivity contribution in [2.75, 3.05) is 0 Å². The van der Waals surface area contributed by atoms with Gasteiger partial charge < -0.3 is 13.4 Å². The van der Waals surface area contributed by atoms with Crippen molar-refractivity contribution in [3.8, 4) is 50.8 Å². The quantitative estimate of drug-likeness (QED) is 0.101. The number of nitrogens with zero attached hydrogens (tertiary/aromatic N) is 3. The molecule has 0 saturated carbocycles. The van der Waals surface area contributed by atoms with E-state index in [0.717, 1.165) is 62.4 Å². The fourth-order valence-electron chi connectivity index (χ4n) is 8.25. The standard InChI is InChI=1S/C37H31N2O2.C18H24GeN.Ir/c1-23(2)28-20-27(25-11-6-5-7-12-25)21-29(24(3)4)36(28)39-33-14-9-8-13-32(33)38-37(39)31-22-41-35-17-16-26(19-30(31)35)34-15-10-18-40-34;1-14(2)11-16-12-18(15-9-7-6-8-10-15)20-13-17(16)19(3,4)5;/h5-21,23-24H,1-4H3;6-9,12-14H,11H2,1-5H3;/q2*-1;. The van der Waals surface area contributed by atoms with Crippen LogP contribution in [0.2, 0.25) is 17.3 Å². The molecule has 0 fully saturated rings. The number of benzene rings is 5. The van der Waals surface area contributed by atoms with Gasteiger partial charge in [-0.2, -0.15) is 0 Å². The van der Waals surface area contributed by atoms with Gasteiger partial charge in [0.2, 0.25) is 0 Å². The summed E-state index contributed by atoms with van der Waals surface area (Å²) in [5.41, 5.74) is 14.4. The minimum atomic E-state index is -1.86. The maximum atomic E-state index is 5.99. The molecule has 317 valence electrons. The molecule has 0 spiro atoms. The van der Waals surface area contributed by atoms with Gasteiger partial charge in [-0.05, 0) is 70.5 Å². The largest absolute Gasteiger partial charge is 0.557 e. The van der Waals surface area contributed by atoms with E-state index in [1.165, 1.54) is 33.5 Å². The summed E-state index contributed by atoms with van der Waals surface area (Å²) in [6.45, 7) is 13.6. The van der Waals surface area contributed by atoms with Gasteiger partial charge in [0.15, 0.2) is 0 Å². The van der Waals surface area contributed by atoms with Gasteiger partial charge in [-0.25, -0.2) is 0 Å². The molecule has 0 amide bonds. The molecular weight excluding hydrogens is 999 g/mol. The molecule has 5 nitrogen and oxygen atoms in total. The fourth-order valence-corrected chi connectivity index (χ4v) is 11.6. The van der Waals surface area contributed by atoms with Crippen LogP contribution < -0.4 is 4.40 Å². The Hall–Kier alpha value is -5.27. The summed E-state index contributed by atoms with van der Waals surface area (Å²) >= 11 is -1.86. The monoisotopic (exact) mass is 1060 g/mol. The maximum Gasteiger partial charge on any atom is 0.133 e. The second-order valence-corrected chi connectivity index (χ2v) is 28.6. The van der Waals surface area contributed by atoms with Crippen LogP contribution in [0.3, 0.4) is 0 Å². The van der Waals surface area contributed by atoms with Crippen molar-refractivity contribution >= 4 is 39.7 Å². The van der Waals surface area contributed by atoms with Crippen LogP contribution in [0.5, 0.6) is 0 Å². The summed E-state index contributed by atoms with van der Waals surface area (Å²) in [6, 6.07) is 47.3. The SMILES string of the molecule is CC(C)Cc1cc(-c2[c-]cccc2)nc[c]1[Ge]([CH3])([CH3])[CH3].CC(C)c1cc(-c2ccccc2)cc(C(C)C)c1-n1c(-c2[c-]oc3ccc(-c4ccco4)cc23)nc2ccccc21.[Ir]. The van der Waals surface area contributed by atoms with Crippen LogP contribution >= 0.6 is 0 Å². The number of fused-ring (bicyclic) bond motifs is 2. The molecular formula is C55H55GeIrN3O2-2. The molecule has 4 aromatic heterocycles. The number of hydrogen-bond donors (Lipinski definition) is 0. The van der Waals surface area contributed by atoms with Gasteiger partial charge in [0.25, 0.3) is 0 Å². The summed E-state index contributed by atoms with van der Waals surface area (Å²) in [5, 5.41) is 0.952.